The van der Waals surface area contributed by atoms with Gasteiger partial charge >= 0.3 is 0 Å². The van der Waals surface area contributed by atoms with Gasteiger partial charge in [-0.05, 0) is 12.1 Å². The van der Waals surface area contributed by atoms with Gasteiger partial charge in [-0.25, -0.2) is 15.0 Å². The Bertz CT molecular complexity index is 628. The van der Waals surface area contributed by atoms with E-state index >= 15 is 0 Å². The third-order valence-corrected chi connectivity index (χ3v) is 2.92. The van der Waals surface area contributed by atoms with Gasteiger partial charge in [-0.1, -0.05) is 12.1 Å². The molecular weight excluding hydrogens is 244 g/mol. The van der Waals surface area contributed by atoms with Crippen LogP contribution in [0, 0.1) is 0 Å². The average Bonchev–Trinajstić information content (AvgIpc) is 2.65. The number of hydrogen-bond donors (Lipinski definition) is 2. The highest BCUT2D eigenvalue weighted by molar-refractivity contribution is 5.74. The summed E-state index contributed by atoms with van der Waals surface area (Å²) < 4.78 is 5.71. The molecule has 19 heavy (non-hydrogen) atoms. The Balaban J connectivity index is 2.17. The molecule has 0 unspecified atom stereocenters. The minimum Gasteiger partial charge on any atom is -0.493 e. The van der Waals surface area contributed by atoms with Crippen molar-refractivity contribution < 1.29 is 9.94 Å². The molecule has 2 N–H and O–H groups in total. The predicted octanol–water partition coefficient (Wildman–Crippen LogP) is 1.72. The van der Waals surface area contributed by atoms with Gasteiger partial charge in [-0.2, -0.15) is 0 Å². The molecule has 1 aliphatic heterocycles. The molecule has 1 aromatic heterocycles. The van der Waals surface area contributed by atoms with Crippen molar-refractivity contribution in [2.75, 3.05) is 6.61 Å². The Morgan fingerprint density at radius 2 is 2.21 bits per heavy atom. The minimum absolute atomic E-state index is 0.534. The van der Waals surface area contributed by atoms with Crippen molar-refractivity contribution in [2.45, 2.75) is 6.42 Å². The molecule has 0 radical (unpaired) electrons. The van der Waals surface area contributed by atoms with E-state index < -0.39 is 0 Å². The van der Waals surface area contributed by atoms with Crippen LogP contribution in [-0.2, 0) is 6.42 Å². The molecule has 0 atom stereocenters. The smallest absolute Gasteiger partial charge is 0.160 e. The van der Waals surface area contributed by atoms with E-state index in [1.165, 1.54) is 12.7 Å². The Hall–Kier alpha value is -2.47. The molecule has 0 saturated carbocycles. The van der Waals surface area contributed by atoms with Crippen LogP contribution in [0.15, 0.2) is 35.6 Å². The summed E-state index contributed by atoms with van der Waals surface area (Å²) in [5, 5.41) is 8.58. The number of rotatable bonds is 2. The molecule has 1 aromatic carbocycles. The normalized spacial score (nSPS) is 13.3. The average molecular weight is 256 g/mol. The summed E-state index contributed by atoms with van der Waals surface area (Å²) in [6.07, 6.45) is 3.31. The molecule has 2 aromatic rings. The SMILES string of the molecule is ONC=Nc1ncnc2c1CCOc1ccccc1-2. The van der Waals surface area contributed by atoms with E-state index in [0.29, 0.717) is 18.8 Å². The third kappa shape index (κ3) is 2.13. The van der Waals surface area contributed by atoms with E-state index in [-0.39, 0.29) is 0 Å². The second-order valence-electron chi connectivity index (χ2n) is 4.01. The molecule has 6 heteroatoms. The molecule has 0 fully saturated rings. The molecule has 6 nitrogen and oxygen atoms in total. The van der Waals surface area contributed by atoms with Gasteiger partial charge < -0.3 is 4.74 Å². The van der Waals surface area contributed by atoms with Crippen molar-refractivity contribution in [3.05, 3.63) is 36.2 Å². The van der Waals surface area contributed by atoms with Gasteiger partial charge in [0.15, 0.2) is 5.82 Å². The van der Waals surface area contributed by atoms with Gasteiger partial charge in [-0.15, -0.1) is 0 Å². The standard InChI is InChI=1S/C13H12N4O2/c18-17-8-16-13-10-5-6-19-11-4-2-1-3-9(11)12(10)14-7-15-13/h1-4,7-8,18H,5-6H2,(H,14,15,16,17). The fourth-order valence-electron chi connectivity index (χ4n) is 2.12. The van der Waals surface area contributed by atoms with E-state index in [0.717, 1.165) is 22.6 Å². The van der Waals surface area contributed by atoms with Crippen molar-refractivity contribution >= 4 is 12.2 Å². The van der Waals surface area contributed by atoms with Gasteiger partial charge in [0.25, 0.3) is 0 Å². The Kier molecular flexibility index (Phi) is 3.07. The zero-order valence-corrected chi connectivity index (χ0v) is 10.1. The fraction of sp³-hybridized carbons (Fsp3) is 0.154. The second kappa shape index (κ2) is 5.03. The van der Waals surface area contributed by atoms with Crippen molar-refractivity contribution in [1.29, 1.82) is 0 Å². The molecule has 1 aliphatic rings. The van der Waals surface area contributed by atoms with E-state index in [1.807, 2.05) is 29.7 Å². The molecule has 0 spiro atoms. The maximum atomic E-state index is 8.58. The number of hydrogen-bond acceptors (Lipinski definition) is 5. The van der Waals surface area contributed by atoms with Crippen LogP contribution in [0.3, 0.4) is 0 Å². The number of ether oxygens (including phenoxy) is 1. The van der Waals surface area contributed by atoms with Crippen LogP contribution >= 0.6 is 0 Å². The Morgan fingerprint density at radius 3 is 3.11 bits per heavy atom. The van der Waals surface area contributed by atoms with Gasteiger partial charge in [0.1, 0.15) is 18.4 Å². The van der Waals surface area contributed by atoms with Crippen molar-refractivity contribution in [1.82, 2.24) is 15.4 Å². The second-order valence-corrected chi connectivity index (χ2v) is 4.01. The van der Waals surface area contributed by atoms with Crippen LogP contribution in [-0.4, -0.2) is 28.1 Å². The molecule has 0 saturated heterocycles. The summed E-state index contributed by atoms with van der Waals surface area (Å²) in [4.78, 5) is 12.5. The van der Waals surface area contributed by atoms with Crippen LogP contribution in [0.5, 0.6) is 5.75 Å². The van der Waals surface area contributed by atoms with Gasteiger partial charge in [0.2, 0.25) is 0 Å². The summed E-state index contributed by atoms with van der Waals surface area (Å²) in [7, 11) is 0. The molecule has 0 bridgehead atoms. The molecule has 0 aliphatic carbocycles. The number of nitrogens with zero attached hydrogens (tertiary/aromatic N) is 3. The van der Waals surface area contributed by atoms with Crippen molar-refractivity contribution in [2.24, 2.45) is 4.99 Å². The van der Waals surface area contributed by atoms with Crippen LogP contribution in [0.4, 0.5) is 5.82 Å². The van der Waals surface area contributed by atoms with Crippen molar-refractivity contribution in [3.8, 4) is 17.0 Å². The molecule has 0 amide bonds. The molecular formula is C13H12N4O2. The van der Waals surface area contributed by atoms with E-state index in [4.69, 9.17) is 9.94 Å². The highest BCUT2D eigenvalue weighted by atomic mass is 16.5. The zero-order chi connectivity index (χ0) is 13.1. The van der Waals surface area contributed by atoms with Gasteiger partial charge in [0.05, 0.1) is 12.3 Å². The van der Waals surface area contributed by atoms with Crippen LogP contribution in [0.25, 0.3) is 11.3 Å². The van der Waals surface area contributed by atoms with Gasteiger partial charge in [-0.3, -0.25) is 10.7 Å². The van der Waals surface area contributed by atoms with Crippen LogP contribution in [0.2, 0.25) is 0 Å². The third-order valence-electron chi connectivity index (χ3n) is 2.92. The predicted molar refractivity (Wildman–Crippen MR) is 69.7 cm³/mol. The number of para-hydroxylation sites is 1. The first-order valence-corrected chi connectivity index (χ1v) is 5.88. The lowest BCUT2D eigenvalue weighted by atomic mass is 10.0. The molecule has 2 heterocycles. The fourth-order valence-corrected chi connectivity index (χ4v) is 2.12. The maximum absolute atomic E-state index is 8.58. The Morgan fingerprint density at radius 1 is 1.32 bits per heavy atom. The summed E-state index contributed by atoms with van der Waals surface area (Å²) in [5.74, 6) is 1.35. The van der Waals surface area contributed by atoms with Crippen LogP contribution < -0.4 is 10.2 Å². The summed E-state index contributed by atoms with van der Waals surface area (Å²) in [6, 6.07) is 7.76. The Labute approximate surface area is 109 Å². The summed E-state index contributed by atoms with van der Waals surface area (Å²) in [6.45, 7) is 0.548. The van der Waals surface area contributed by atoms with Crippen LogP contribution in [0.1, 0.15) is 5.56 Å². The number of aliphatic imine (C=N–C) groups is 1. The monoisotopic (exact) mass is 256 g/mol. The van der Waals surface area contributed by atoms with E-state index in [9.17, 15) is 0 Å². The summed E-state index contributed by atoms with van der Waals surface area (Å²) >= 11 is 0. The highest BCUT2D eigenvalue weighted by Crippen LogP contribution is 2.36. The first kappa shape index (κ1) is 11.6. The number of benzene rings is 1. The lowest BCUT2D eigenvalue weighted by Crippen LogP contribution is -2.03. The maximum Gasteiger partial charge on any atom is 0.160 e. The first-order chi connectivity index (χ1) is 9.40. The van der Waals surface area contributed by atoms with E-state index in [1.54, 1.807) is 0 Å². The lowest BCUT2D eigenvalue weighted by molar-refractivity contribution is 0.240. The number of fused-ring (bicyclic) bond motifs is 3. The quantitative estimate of drug-likeness (QED) is 0.486. The summed E-state index contributed by atoms with van der Waals surface area (Å²) in [5.41, 5.74) is 4.55. The first-order valence-electron chi connectivity index (χ1n) is 5.88. The number of nitrogens with one attached hydrogen (secondary N) is 1. The largest absolute Gasteiger partial charge is 0.493 e. The minimum atomic E-state index is 0.534. The zero-order valence-electron chi connectivity index (χ0n) is 10.1. The topological polar surface area (TPSA) is 79.6 Å². The lowest BCUT2D eigenvalue weighted by Gasteiger charge is -2.07. The molecule has 3 rings (SSSR count). The van der Waals surface area contributed by atoms with E-state index in [2.05, 4.69) is 15.0 Å². The van der Waals surface area contributed by atoms with Gasteiger partial charge in [0, 0.05) is 17.5 Å². The molecule has 96 valence electrons. The van der Waals surface area contributed by atoms with Crippen molar-refractivity contribution in [3.63, 3.8) is 0 Å². The highest BCUT2D eigenvalue weighted by Gasteiger charge is 2.19. The number of aromatic nitrogens is 2. The number of hydroxylamine groups is 1.